The van der Waals surface area contributed by atoms with Crippen LogP contribution in [0.25, 0.3) is 0 Å². The van der Waals surface area contributed by atoms with E-state index in [1.165, 1.54) is 12.8 Å². The van der Waals surface area contributed by atoms with Gasteiger partial charge in [-0.2, -0.15) is 0 Å². The maximum absolute atomic E-state index is 6.18. The summed E-state index contributed by atoms with van der Waals surface area (Å²) >= 11 is 6.18. The predicted molar refractivity (Wildman–Crippen MR) is 65.1 cm³/mol. The van der Waals surface area contributed by atoms with Crippen LogP contribution in [0.4, 0.5) is 0 Å². The zero-order valence-electron chi connectivity index (χ0n) is 10.1. The van der Waals surface area contributed by atoms with Crippen LogP contribution in [0.1, 0.15) is 25.7 Å². The highest BCUT2D eigenvalue weighted by Gasteiger charge is 2.28. The maximum atomic E-state index is 6.18. The van der Waals surface area contributed by atoms with Gasteiger partial charge in [0.1, 0.15) is 0 Å². The first-order valence-electron chi connectivity index (χ1n) is 6.13. The Morgan fingerprint density at radius 1 is 1.06 bits per heavy atom. The van der Waals surface area contributed by atoms with E-state index in [0.717, 1.165) is 25.4 Å². The molecule has 1 atom stereocenters. The molecule has 0 aromatic heterocycles. The predicted octanol–water partition coefficient (Wildman–Crippen LogP) is 2.46. The van der Waals surface area contributed by atoms with Gasteiger partial charge in [0.05, 0.1) is 26.4 Å². The molecule has 0 saturated heterocycles. The molecule has 16 heavy (non-hydrogen) atoms. The van der Waals surface area contributed by atoms with E-state index in [1.54, 1.807) is 7.11 Å². The molecule has 0 aromatic rings. The minimum atomic E-state index is 0.376. The van der Waals surface area contributed by atoms with Gasteiger partial charge in [-0.1, -0.05) is 0 Å². The summed E-state index contributed by atoms with van der Waals surface area (Å²) in [5.74, 6) is 0.791. The number of methoxy groups -OCH3 is 1. The molecule has 1 aliphatic carbocycles. The van der Waals surface area contributed by atoms with Gasteiger partial charge in [0, 0.05) is 19.1 Å². The number of hydrogen-bond donors (Lipinski definition) is 0. The zero-order chi connectivity index (χ0) is 11.6. The second-order valence-corrected chi connectivity index (χ2v) is 4.77. The SMILES string of the molecule is COCCOCCOCCCC(Cl)C1CC1. The van der Waals surface area contributed by atoms with Crippen molar-refractivity contribution >= 4 is 11.6 Å². The van der Waals surface area contributed by atoms with Crippen LogP contribution in [0.5, 0.6) is 0 Å². The fourth-order valence-electron chi connectivity index (χ4n) is 1.54. The Kier molecular flexibility index (Phi) is 8.21. The molecule has 3 nitrogen and oxygen atoms in total. The molecule has 1 aliphatic rings. The first-order valence-corrected chi connectivity index (χ1v) is 6.56. The van der Waals surface area contributed by atoms with Crippen molar-refractivity contribution in [2.75, 3.05) is 40.1 Å². The molecule has 0 aromatic carbocycles. The molecule has 1 fully saturated rings. The summed E-state index contributed by atoms with van der Waals surface area (Å²) in [5.41, 5.74) is 0. The van der Waals surface area contributed by atoms with Crippen molar-refractivity contribution in [1.82, 2.24) is 0 Å². The van der Waals surface area contributed by atoms with Gasteiger partial charge < -0.3 is 14.2 Å². The van der Waals surface area contributed by atoms with E-state index in [4.69, 9.17) is 25.8 Å². The Morgan fingerprint density at radius 2 is 1.69 bits per heavy atom. The van der Waals surface area contributed by atoms with E-state index in [0.29, 0.717) is 31.8 Å². The molecule has 0 N–H and O–H groups in total. The molecule has 0 heterocycles. The van der Waals surface area contributed by atoms with Crippen LogP contribution in [0, 0.1) is 5.92 Å². The summed E-state index contributed by atoms with van der Waals surface area (Å²) in [6.07, 6.45) is 4.78. The zero-order valence-corrected chi connectivity index (χ0v) is 10.9. The van der Waals surface area contributed by atoms with E-state index < -0.39 is 0 Å². The Morgan fingerprint density at radius 3 is 2.31 bits per heavy atom. The summed E-state index contributed by atoms with van der Waals surface area (Å²) in [6, 6.07) is 0. The molecule has 0 aliphatic heterocycles. The molecule has 1 rings (SSSR count). The van der Waals surface area contributed by atoms with Crippen molar-refractivity contribution in [1.29, 1.82) is 0 Å². The fraction of sp³-hybridized carbons (Fsp3) is 1.00. The molecular formula is C12H23ClO3. The van der Waals surface area contributed by atoms with Crippen LogP contribution in [-0.4, -0.2) is 45.5 Å². The summed E-state index contributed by atoms with van der Waals surface area (Å²) in [4.78, 5) is 0. The Balaban J connectivity index is 1.71. The molecule has 0 amide bonds. The minimum Gasteiger partial charge on any atom is -0.382 e. The van der Waals surface area contributed by atoms with E-state index in [-0.39, 0.29) is 0 Å². The number of halogens is 1. The second-order valence-electron chi connectivity index (χ2n) is 4.21. The normalized spacial score (nSPS) is 17.6. The second kappa shape index (κ2) is 9.23. The lowest BCUT2D eigenvalue weighted by Crippen LogP contribution is -2.10. The Bertz CT molecular complexity index is 162. The van der Waals surface area contributed by atoms with Crippen LogP contribution in [0.2, 0.25) is 0 Å². The van der Waals surface area contributed by atoms with Gasteiger partial charge in [0.15, 0.2) is 0 Å². The number of alkyl halides is 1. The average Bonchev–Trinajstić information content (AvgIpc) is 3.10. The molecule has 0 bridgehead atoms. The average molecular weight is 251 g/mol. The summed E-state index contributed by atoms with van der Waals surface area (Å²) < 4.78 is 15.6. The van der Waals surface area contributed by atoms with Gasteiger partial charge in [-0.05, 0) is 31.6 Å². The van der Waals surface area contributed by atoms with Gasteiger partial charge in [-0.3, -0.25) is 0 Å². The van der Waals surface area contributed by atoms with Gasteiger partial charge in [0.25, 0.3) is 0 Å². The van der Waals surface area contributed by atoms with Crippen LogP contribution in [0.15, 0.2) is 0 Å². The Labute approximate surface area is 103 Å². The molecule has 0 radical (unpaired) electrons. The van der Waals surface area contributed by atoms with Crippen molar-refractivity contribution < 1.29 is 14.2 Å². The van der Waals surface area contributed by atoms with Crippen molar-refractivity contribution in [2.24, 2.45) is 5.92 Å². The minimum absolute atomic E-state index is 0.376. The third kappa shape index (κ3) is 7.44. The Hall–Kier alpha value is 0.170. The smallest absolute Gasteiger partial charge is 0.0701 e. The lowest BCUT2D eigenvalue weighted by Gasteiger charge is -2.08. The molecule has 96 valence electrons. The quantitative estimate of drug-likeness (QED) is 0.417. The highest BCUT2D eigenvalue weighted by molar-refractivity contribution is 6.20. The van der Waals surface area contributed by atoms with Gasteiger partial charge in [-0.15, -0.1) is 11.6 Å². The van der Waals surface area contributed by atoms with Gasteiger partial charge in [-0.25, -0.2) is 0 Å². The van der Waals surface area contributed by atoms with Crippen molar-refractivity contribution in [2.45, 2.75) is 31.1 Å². The third-order valence-electron chi connectivity index (χ3n) is 2.71. The van der Waals surface area contributed by atoms with Gasteiger partial charge >= 0.3 is 0 Å². The lowest BCUT2D eigenvalue weighted by atomic mass is 10.2. The first kappa shape index (κ1) is 14.2. The number of rotatable bonds is 11. The molecular weight excluding hydrogens is 228 g/mol. The highest BCUT2D eigenvalue weighted by atomic mass is 35.5. The third-order valence-corrected chi connectivity index (χ3v) is 3.28. The lowest BCUT2D eigenvalue weighted by molar-refractivity contribution is 0.0240. The maximum Gasteiger partial charge on any atom is 0.0701 e. The standard InChI is InChI=1S/C12H23ClO3/c1-14-7-8-16-10-9-15-6-2-3-12(13)11-4-5-11/h11-12H,2-10H2,1H3. The van der Waals surface area contributed by atoms with E-state index in [1.807, 2.05) is 0 Å². The van der Waals surface area contributed by atoms with Crippen molar-refractivity contribution in [3.63, 3.8) is 0 Å². The van der Waals surface area contributed by atoms with Crippen LogP contribution < -0.4 is 0 Å². The summed E-state index contributed by atoms with van der Waals surface area (Å²) in [6.45, 7) is 3.40. The number of hydrogen-bond acceptors (Lipinski definition) is 3. The first-order chi connectivity index (χ1) is 7.84. The summed E-state index contributed by atoms with van der Waals surface area (Å²) in [5, 5.41) is 0.376. The van der Waals surface area contributed by atoms with Crippen LogP contribution in [0.3, 0.4) is 0 Å². The number of ether oxygens (including phenoxy) is 3. The fourth-order valence-corrected chi connectivity index (χ4v) is 1.94. The topological polar surface area (TPSA) is 27.7 Å². The van der Waals surface area contributed by atoms with E-state index in [2.05, 4.69) is 0 Å². The summed E-state index contributed by atoms with van der Waals surface area (Å²) in [7, 11) is 1.67. The van der Waals surface area contributed by atoms with E-state index in [9.17, 15) is 0 Å². The monoisotopic (exact) mass is 250 g/mol. The van der Waals surface area contributed by atoms with E-state index >= 15 is 0 Å². The van der Waals surface area contributed by atoms with Gasteiger partial charge in [0.2, 0.25) is 0 Å². The molecule has 0 spiro atoms. The molecule has 1 saturated carbocycles. The van der Waals surface area contributed by atoms with Crippen LogP contribution >= 0.6 is 11.6 Å². The molecule has 4 heteroatoms. The van der Waals surface area contributed by atoms with Crippen LogP contribution in [-0.2, 0) is 14.2 Å². The largest absolute Gasteiger partial charge is 0.382 e. The highest BCUT2D eigenvalue weighted by Crippen LogP contribution is 2.37. The van der Waals surface area contributed by atoms with Crippen molar-refractivity contribution in [3.05, 3.63) is 0 Å². The van der Waals surface area contributed by atoms with Crippen molar-refractivity contribution in [3.8, 4) is 0 Å². The molecule has 1 unspecified atom stereocenters.